The van der Waals surface area contributed by atoms with Crippen LogP contribution in [0, 0.1) is 17.3 Å². The van der Waals surface area contributed by atoms with Crippen LogP contribution in [0.1, 0.15) is 92.2 Å². The highest BCUT2D eigenvalue weighted by atomic mass is 16.6. The molecule has 240 valence electrons. The third-order valence-electron chi connectivity index (χ3n) is 9.92. The highest BCUT2D eigenvalue weighted by Gasteiger charge is 2.50. The number of carbonyl (C=O) groups is 3. The van der Waals surface area contributed by atoms with Crippen molar-refractivity contribution in [1.29, 1.82) is 0 Å². The van der Waals surface area contributed by atoms with Gasteiger partial charge in [0.25, 0.3) is 0 Å². The highest BCUT2D eigenvalue weighted by molar-refractivity contribution is 5.92. The minimum absolute atomic E-state index is 0.131. The molecule has 1 aromatic heterocycles. The number of alkyl carbamates (subject to hydrolysis) is 1. The Labute approximate surface area is 260 Å². The van der Waals surface area contributed by atoms with Gasteiger partial charge in [-0.1, -0.05) is 40.5 Å². The maximum absolute atomic E-state index is 14.3. The van der Waals surface area contributed by atoms with E-state index in [1.807, 2.05) is 52.8 Å². The molecular formula is C34H48N4O6. The van der Waals surface area contributed by atoms with Gasteiger partial charge in [0.1, 0.15) is 29.2 Å². The SMILES string of the molecule is COc1ccc2nc3c(nc2c1)O[C@H]1CN(C(=O)[C@H](C(C)(C)C)NC(=O)O[C@]2(C)CCC[C@H]2CCCCC3)[C@H](C(C)=O)[C@@H]1C. The summed E-state index contributed by atoms with van der Waals surface area (Å²) in [4.78, 5) is 52.1. The molecule has 1 aromatic carbocycles. The van der Waals surface area contributed by atoms with Crippen molar-refractivity contribution < 1.29 is 28.6 Å². The van der Waals surface area contributed by atoms with Gasteiger partial charge < -0.3 is 24.4 Å². The fourth-order valence-electron chi connectivity index (χ4n) is 7.33. The van der Waals surface area contributed by atoms with E-state index in [9.17, 15) is 14.4 Å². The molecule has 0 radical (unpaired) electrons. The number of rotatable bonds is 2. The second kappa shape index (κ2) is 12.5. The van der Waals surface area contributed by atoms with Crippen LogP contribution in [0.5, 0.6) is 11.6 Å². The molecule has 10 nitrogen and oxygen atoms in total. The van der Waals surface area contributed by atoms with Crippen molar-refractivity contribution in [2.45, 2.75) is 117 Å². The van der Waals surface area contributed by atoms with Crippen LogP contribution in [0.3, 0.4) is 0 Å². The van der Waals surface area contributed by atoms with E-state index in [0.717, 1.165) is 56.2 Å². The van der Waals surface area contributed by atoms with E-state index in [1.165, 1.54) is 6.92 Å². The summed E-state index contributed by atoms with van der Waals surface area (Å²) >= 11 is 0. The van der Waals surface area contributed by atoms with Gasteiger partial charge >= 0.3 is 6.09 Å². The smallest absolute Gasteiger partial charge is 0.408 e. The highest BCUT2D eigenvalue weighted by Crippen LogP contribution is 2.42. The maximum Gasteiger partial charge on any atom is 0.408 e. The molecule has 3 heterocycles. The lowest BCUT2D eigenvalue weighted by Gasteiger charge is -2.37. The van der Waals surface area contributed by atoms with Crippen LogP contribution in [0.25, 0.3) is 11.0 Å². The van der Waals surface area contributed by atoms with Gasteiger partial charge in [0.15, 0.2) is 5.78 Å². The summed E-state index contributed by atoms with van der Waals surface area (Å²) in [7, 11) is 1.61. The quantitative estimate of drug-likeness (QED) is 0.465. The molecule has 6 atom stereocenters. The van der Waals surface area contributed by atoms with E-state index in [4.69, 9.17) is 24.2 Å². The van der Waals surface area contributed by atoms with Gasteiger partial charge in [0, 0.05) is 12.0 Å². The van der Waals surface area contributed by atoms with Crippen LogP contribution >= 0.6 is 0 Å². The first-order chi connectivity index (χ1) is 20.8. The lowest BCUT2D eigenvalue weighted by Crippen LogP contribution is -2.57. The lowest BCUT2D eigenvalue weighted by molar-refractivity contribution is -0.141. The molecule has 44 heavy (non-hydrogen) atoms. The molecule has 5 rings (SSSR count). The molecule has 1 aliphatic carbocycles. The molecule has 1 saturated carbocycles. The molecule has 2 bridgehead atoms. The number of hydrogen-bond acceptors (Lipinski definition) is 8. The average Bonchev–Trinajstić information content (AvgIpc) is 3.48. The molecule has 2 amide bonds. The number of methoxy groups -OCH3 is 1. The van der Waals surface area contributed by atoms with Crippen molar-refractivity contribution in [3.05, 3.63) is 23.9 Å². The standard InChI is InChI=1S/C34H48N4O6/c1-20-27-19-38(28(20)21(2)39)31(40)29(33(3,4)5)37-32(41)44-34(6)17-11-13-22(34)12-9-8-10-14-25-30(43-27)36-26-18-23(42-7)15-16-24(26)35-25/h15-16,18,20,22,27-29H,8-14,17,19H2,1-7H3,(H,37,41)/t20-,22-,27+,28+,29-,34-/m1/s1. The van der Waals surface area contributed by atoms with Crippen molar-refractivity contribution in [2.75, 3.05) is 13.7 Å². The molecule has 1 saturated heterocycles. The summed E-state index contributed by atoms with van der Waals surface area (Å²) in [5, 5.41) is 2.91. The van der Waals surface area contributed by atoms with Crippen molar-refractivity contribution in [3.63, 3.8) is 0 Å². The van der Waals surface area contributed by atoms with Crippen LogP contribution in [0.15, 0.2) is 18.2 Å². The van der Waals surface area contributed by atoms with Gasteiger partial charge in [-0.05, 0) is 75.8 Å². The summed E-state index contributed by atoms with van der Waals surface area (Å²) in [6.45, 7) is 11.4. The Kier molecular flexibility index (Phi) is 9.10. The van der Waals surface area contributed by atoms with E-state index < -0.39 is 35.3 Å². The molecule has 10 heteroatoms. The number of nitrogens with one attached hydrogen (secondary N) is 1. The fourth-order valence-corrected chi connectivity index (χ4v) is 7.33. The predicted molar refractivity (Wildman–Crippen MR) is 167 cm³/mol. The van der Waals surface area contributed by atoms with Gasteiger partial charge in [-0.15, -0.1) is 0 Å². The number of carbonyl (C=O) groups excluding carboxylic acids is 3. The van der Waals surface area contributed by atoms with E-state index >= 15 is 0 Å². The van der Waals surface area contributed by atoms with E-state index in [-0.39, 0.29) is 30.1 Å². The summed E-state index contributed by atoms with van der Waals surface area (Å²) < 4.78 is 18.1. The van der Waals surface area contributed by atoms with Crippen LogP contribution < -0.4 is 14.8 Å². The van der Waals surface area contributed by atoms with Crippen molar-refractivity contribution >= 4 is 28.8 Å². The van der Waals surface area contributed by atoms with Crippen LogP contribution in [-0.4, -0.2) is 70.1 Å². The van der Waals surface area contributed by atoms with Crippen LogP contribution in [0.2, 0.25) is 0 Å². The molecule has 2 aliphatic heterocycles. The Hall–Kier alpha value is -3.43. The minimum atomic E-state index is -0.895. The number of aryl methyl sites for hydroxylation is 1. The topological polar surface area (TPSA) is 120 Å². The van der Waals surface area contributed by atoms with Gasteiger partial charge in [-0.2, -0.15) is 0 Å². The second-order valence-corrected chi connectivity index (χ2v) is 14.2. The fraction of sp³-hybridized carbons (Fsp3) is 0.676. The Morgan fingerprint density at radius 1 is 1.09 bits per heavy atom. The summed E-state index contributed by atoms with van der Waals surface area (Å²) in [6.07, 6.45) is 6.31. The number of hydrogen-bond donors (Lipinski definition) is 1. The number of amides is 2. The Morgan fingerprint density at radius 2 is 1.84 bits per heavy atom. The molecule has 1 N–H and O–H groups in total. The first-order valence-electron chi connectivity index (χ1n) is 16.1. The number of Topliss-reactive ketones (excluding diaryl/α,β-unsaturated/α-hetero) is 1. The number of aromatic nitrogens is 2. The van der Waals surface area contributed by atoms with Crippen molar-refractivity contribution in [2.24, 2.45) is 17.3 Å². The van der Waals surface area contributed by atoms with Crippen LogP contribution in [-0.2, 0) is 20.7 Å². The van der Waals surface area contributed by atoms with Gasteiger partial charge in [0.2, 0.25) is 11.8 Å². The zero-order valence-electron chi connectivity index (χ0n) is 27.3. The number of ketones is 1. The first kappa shape index (κ1) is 32.0. The van der Waals surface area contributed by atoms with Gasteiger partial charge in [-0.3, -0.25) is 9.59 Å². The van der Waals surface area contributed by atoms with E-state index in [1.54, 1.807) is 12.0 Å². The molecule has 0 unspecified atom stereocenters. The Morgan fingerprint density at radius 3 is 2.55 bits per heavy atom. The van der Waals surface area contributed by atoms with Crippen molar-refractivity contribution in [1.82, 2.24) is 20.2 Å². The molecule has 2 aromatic rings. The zero-order valence-corrected chi connectivity index (χ0v) is 27.3. The molecule has 3 aliphatic rings. The number of nitrogens with zero attached hydrogens (tertiary/aromatic N) is 3. The largest absolute Gasteiger partial charge is 0.497 e. The minimum Gasteiger partial charge on any atom is -0.497 e. The second-order valence-electron chi connectivity index (χ2n) is 14.2. The third-order valence-corrected chi connectivity index (χ3v) is 9.92. The Bertz CT molecular complexity index is 1410. The molecule has 0 spiro atoms. The monoisotopic (exact) mass is 608 g/mol. The van der Waals surface area contributed by atoms with Gasteiger partial charge in [0.05, 0.1) is 30.7 Å². The predicted octanol–water partition coefficient (Wildman–Crippen LogP) is 5.64. The summed E-state index contributed by atoms with van der Waals surface area (Å²) in [5.41, 5.74) is 0.974. The average molecular weight is 609 g/mol. The van der Waals surface area contributed by atoms with Crippen molar-refractivity contribution in [3.8, 4) is 11.6 Å². The zero-order chi connectivity index (χ0) is 31.8. The first-order valence-corrected chi connectivity index (χ1v) is 16.1. The number of ether oxygens (including phenoxy) is 3. The number of fused-ring (bicyclic) bond motifs is 5. The van der Waals surface area contributed by atoms with E-state index in [0.29, 0.717) is 23.6 Å². The summed E-state index contributed by atoms with van der Waals surface area (Å²) in [6, 6.07) is 4.01. The van der Waals surface area contributed by atoms with Gasteiger partial charge in [-0.25, -0.2) is 14.8 Å². The Balaban J connectivity index is 1.54. The van der Waals surface area contributed by atoms with Crippen LogP contribution in [0.4, 0.5) is 4.79 Å². The maximum atomic E-state index is 14.3. The number of benzene rings is 1. The summed E-state index contributed by atoms with van der Waals surface area (Å²) in [5.74, 6) is 0.600. The third kappa shape index (κ3) is 6.49. The van der Waals surface area contributed by atoms with E-state index in [2.05, 4.69) is 5.32 Å². The lowest BCUT2D eigenvalue weighted by atomic mass is 9.85. The molecular weight excluding hydrogens is 560 g/mol. The normalized spacial score (nSPS) is 30.3. The molecule has 2 fully saturated rings.